The highest BCUT2D eigenvalue weighted by molar-refractivity contribution is 5.97. The van der Waals surface area contributed by atoms with Crippen LogP contribution < -0.4 is 5.32 Å². The molecule has 0 aromatic heterocycles. The highest BCUT2D eigenvalue weighted by Gasteiger charge is 2.15. The summed E-state index contributed by atoms with van der Waals surface area (Å²) in [5, 5.41) is 3.46. The van der Waals surface area contributed by atoms with Crippen LogP contribution in [0.5, 0.6) is 0 Å². The largest absolute Gasteiger partial charge is 0.316 e. The van der Waals surface area contributed by atoms with Crippen molar-refractivity contribution in [3.8, 4) is 0 Å². The third-order valence-corrected chi connectivity index (χ3v) is 4.93. The molecule has 2 heteroatoms. The number of hydrogen-bond donors (Lipinski definition) is 1. The smallest absolute Gasteiger partial charge is 0.167 e. The molecule has 24 heavy (non-hydrogen) atoms. The molecule has 1 fully saturated rings. The van der Waals surface area contributed by atoms with E-state index < -0.39 is 0 Å². The van der Waals surface area contributed by atoms with Gasteiger partial charge in [-0.2, -0.15) is 0 Å². The van der Waals surface area contributed by atoms with Gasteiger partial charge in [0, 0.05) is 18.5 Å². The van der Waals surface area contributed by atoms with Gasteiger partial charge >= 0.3 is 0 Å². The van der Waals surface area contributed by atoms with Crippen LogP contribution in [0.25, 0.3) is 0 Å². The second-order valence-electron chi connectivity index (χ2n) is 6.83. The molecule has 3 rings (SSSR count). The lowest BCUT2D eigenvalue weighted by Gasteiger charge is -2.23. The maximum Gasteiger partial charge on any atom is 0.167 e. The van der Waals surface area contributed by atoms with Crippen molar-refractivity contribution in [3.05, 3.63) is 70.8 Å². The average molecular weight is 321 g/mol. The second kappa shape index (κ2) is 8.25. The molecule has 1 unspecified atom stereocenters. The molecule has 0 bridgehead atoms. The van der Waals surface area contributed by atoms with Gasteiger partial charge in [0.15, 0.2) is 5.78 Å². The van der Waals surface area contributed by atoms with Crippen molar-refractivity contribution >= 4 is 5.78 Å². The van der Waals surface area contributed by atoms with E-state index in [1.54, 1.807) is 0 Å². The first-order valence-corrected chi connectivity index (χ1v) is 9.18. The van der Waals surface area contributed by atoms with Crippen LogP contribution in [-0.4, -0.2) is 18.9 Å². The Morgan fingerprint density at radius 2 is 1.75 bits per heavy atom. The zero-order chi connectivity index (χ0) is 16.8. The summed E-state index contributed by atoms with van der Waals surface area (Å²) in [6, 6.07) is 16.7. The average Bonchev–Trinajstić information content (AvgIpc) is 2.64. The van der Waals surface area contributed by atoms with Gasteiger partial charge in [-0.25, -0.2) is 0 Å². The van der Waals surface area contributed by atoms with Gasteiger partial charge in [-0.3, -0.25) is 4.79 Å². The Labute approximate surface area is 145 Å². The molecule has 2 aromatic rings. The highest BCUT2D eigenvalue weighted by atomic mass is 16.1. The molecule has 0 aliphatic carbocycles. The molecule has 0 spiro atoms. The molecule has 1 N–H and O–H groups in total. The van der Waals surface area contributed by atoms with E-state index in [9.17, 15) is 4.79 Å². The summed E-state index contributed by atoms with van der Waals surface area (Å²) in [6.45, 7) is 4.38. The number of carbonyl (C=O) groups is 1. The molecular weight excluding hydrogens is 294 g/mol. The number of nitrogens with one attached hydrogen (secondary N) is 1. The molecule has 0 saturated carbocycles. The summed E-state index contributed by atoms with van der Waals surface area (Å²) in [4.78, 5) is 12.5. The van der Waals surface area contributed by atoms with Gasteiger partial charge in [-0.1, -0.05) is 61.9 Å². The third kappa shape index (κ3) is 4.33. The number of Topliss-reactive ketones (excluding diaryl/α,β-unsaturated/α-hetero) is 1. The first-order valence-electron chi connectivity index (χ1n) is 9.18. The topological polar surface area (TPSA) is 29.1 Å². The first-order chi connectivity index (χ1) is 11.8. The summed E-state index contributed by atoms with van der Waals surface area (Å²) in [5.41, 5.74) is 4.61. The fraction of sp³-hybridized carbons (Fsp3) is 0.409. The van der Waals surface area contributed by atoms with Crippen LogP contribution in [0.1, 0.15) is 59.2 Å². The Morgan fingerprint density at radius 1 is 1.04 bits per heavy atom. The number of hydrogen-bond acceptors (Lipinski definition) is 2. The van der Waals surface area contributed by atoms with Crippen LogP contribution in [-0.2, 0) is 12.8 Å². The first kappa shape index (κ1) is 16.9. The predicted molar refractivity (Wildman–Crippen MR) is 99.8 cm³/mol. The number of aryl methyl sites for hydroxylation is 1. The van der Waals surface area contributed by atoms with Crippen molar-refractivity contribution in [2.75, 3.05) is 13.1 Å². The second-order valence-corrected chi connectivity index (χ2v) is 6.83. The van der Waals surface area contributed by atoms with Crippen LogP contribution >= 0.6 is 0 Å². The summed E-state index contributed by atoms with van der Waals surface area (Å²) in [5.74, 6) is 0.819. The Kier molecular flexibility index (Phi) is 5.81. The Morgan fingerprint density at radius 3 is 2.38 bits per heavy atom. The van der Waals surface area contributed by atoms with Crippen molar-refractivity contribution < 1.29 is 4.79 Å². The van der Waals surface area contributed by atoms with E-state index in [1.165, 1.54) is 24.0 Å². The van der Waals surface area contributed by atoms with Crippen LogP contribution in [0.15, 0.2) is 48.5 Å². The Balaban J connectivity index is 1.61. The third-order valence-electron chi connectivity index (χ3n) is 4.93. The number of piperidine rings is 1. The molecule has 1 atom stereocenters. The van der Waals surface area contributed by atoms with Crippen molar-refractivity contribution in [2.24, 2.45) is 0 Å². The van der Waals surface area contributed by atoms with Crippen LogP contribution in [0.3, 0.4) is 0 Å². The zero-order valence-electron chi connectivity index (χ0n) is 14.6. The van der Waals surface area contributed by atoms with Gasteiger partial charge in [0.2, 0.25) is 0 Å². The molecule has 0 radical (unpaired) electrons. The van der Waals surface area contributed by atoms with Gasteiger partial charge in [-0.05, 0) is 48.4 Å². The molecule has 1 heterocycles. The van der Waals surface area contributed by atoms with E-state index in [1.807, 2.05) is 12.1 Å². The van der Waals surface area contributed by atoms with Crippen LogP contribution in [0, 0.1) is 0 Å². The summed E-state index contributed by atoms with van der Waals surface area (Å²) in [7, 11) is 0. The van der Waals surface area contributed by atoms with Crippen LogP contribution in [0.2, 0.25) is 0 Å². The van der Waals surface area contributed by atoms with E-state index in [0.29, 0.717) is 12.3 Å². The number of ketones is 1. The van der Waals surface area contributed by atoms with Gasteiger partial charge in [0.1, 0.15) is 0 Å². The normalized spacial score (nSPS) is 17.6. The number of carbonyl (C=O) groups excluding carboxylic acids is 1. The molecule has 1 saturated heterocycles. The van der Waals surface area contributed by atoms with Crippen LogP contribution in [0.4, 0.5) is 0 Å². The fourth-order valence-corrected chi connectivity index (χ4v) is 3.48. The Hall–Kier alpha value is -1.93. The molecule has 2 aromatic carbocycles. The lowest BCUT2D eigenvalue weighted by Crippen LogP contribution is -2.28. The van der Waals surface area contributed by atoms with E-state index in [2.05, 4.69) is 48.6 Å². The molecule has 1 aliphatic rings. The summed E-state index contributed by atoms with van der Waals surface area (Å²) >= 11 is 0. The zero-order valence-corrected chi connectivity index (χ0v) is 14.6. The van der Waals surface area contributed by atoms with Gasteiger partial charge in [0.25, 0.3) is 0 Å². The maximum absolute atomic E-state index is 12.5. The minimum Gasteiger partial charge on any atom is -0.316 e. The van der Waals surface area contributed by atoms with E-state index >= 15 is 0 Å². The highest BCUT2D eigenvalue weighted by Crippen LogP contribution is 2.23. The number of benzene rings is 2. The van der Waals surface area contributed by atoms with Crippen molar-refractivity contribution in [2.45, 2.75) is 44.9 Å². The van der Waals surface area contributed by atoms with Crippen molar-refractivity contribution in [1.29, 1.82) is 0 Å². The van der Waals surface area contributed by atoms with E-state index in [4.69, 9.17) is 0 Å². The fourth-order valence-electron chi connectivity index (χ4n) is 3.48. The standard InChI is InChI=1S/C22H27NO/c1-2-4-17-6-12-20(13-7-17)22(24)15-18-8-10-19(11-9-18)21-5-3-14-23-16-21/h6-13,21,23H,2-5,14-16H2,1H3. The lowest BCUT2D eigenvalue weighted by atomic mass is 9.90. The quantitative estimate of drug-likeness (QED) is 0.792. The molecular formula is C22H27NO. The van der Waals surface area contributed by atoms with Crippen molar-refractivity contribution in [3.63, 3.8) is 0 Å². The van der Waals surface area contributed by atoms with E-state index in [0.717, 1.165) is 37.1 Å². The van der Waals surface area contributed by atoms with Gasteiger partial charge < -0.3 is 5.32 Å². The maximum atomic E-state index is 12.5. The van der Waals surface area contributed by atoms with Gasteiger partial charge in [-0.15, -0.1) is 0 Å². The minimum absolute atomic E-state index is 0.199. The molecule has 0 amide bonds. The number of rotatable bonds is 6. The monoisotopic (exact) mass is 321 g/mol. The predicted octanol–water partition coefficient (Wildman–Crippen LogP) is 4.53. The summed E-state index contributed by atoms with van der Waals surface area (Å²) in [6.07, 6.45) is 5.20. The minimum atomic E-state index is 0.199. The SMILES string of the molecule is CCCc1ccc(C(=O)Cc2ccc(C3CCCNC3)cc2)cc1. The van der Waals surface area contributed by atoms with E-state index in [-0.39, 0.29) is 5.78 Å². The Bertz CT molecular complexity index is 651. The molecule has 126 valence electrons. The lowest BCUT2D eigenvalue weighted by molar-refractivity contribution is 0.0993. The summed E-state index contributed by atoms with van der Waals surface area (Å²) < 4.78 is 0. The molecule has 2 nitrogen and oxygen atoms in total. The van der Waals surface area contributed by atoms with Crippen molar-refractivity contribution in [1.82, 2.24) is 5.32 Å². The van der Waals surface area contributed by atoms with Gasteiger partial charge in [0.05, 0.1) is 0 Å². The molecule has 1 aliphatic heterocycles.